The van der Waals surface area contributed by atoms with Crippen molar-refractivity contribution >= 4 is 0 Å². The molecule has 2 saturated heterocycles. The van der Waals surface area contributed by atoms with Crippen molar-refractivity contribution in [1.82, 2.24) is 4.90 Å². The van der Waals surface area contributed by atoms with E-state index in [1.165, 1.54) is 6.42 Å². The molecule has 2 aliphatic heterocycles. The van der Waals surface area contributed by atoms with Gasteiger partial charge in [0.1, 0.15) is 0 Å². The van der Waals surface area contributed by atoms with Crippen molar-refractivity contribution in [2.24, 2.45) is 5.92 Å². The summed E-state index contributed by atoms with van der Waals surface area (Å²) in [6.45, 7) is 6.20. The molecule has 2 unspecified atom stereocenters. The molecule has 2 heterocycles. The first-order valence-electron chi connectivity index (χ1n) is 6.39. The Morgan fingerprint density at radius 2 is 2.06 bits per heavy atom. The molecule has 16 heavy (non-hydrogen) atoms. The van der Waals surface area contributed by atoms with E-state index in [0.717, 1.165) is 39.1 Å². The number of hydrogen-bond donors (Lipinski definition) is 1. The van der Waals surface area contributed by atoms with Crippen LogP contribution in [0.3, 0.4) is 0 Å². The zero-order chi connectivity index (χ0) is 11.4. The molecule has 1 N–H and O–H groups in total. The Hall–Kier alpha value is -0.160. The van der Waals surface area contributed by atoms with Crippen LogP contribution in [-0.4, -0.2) is 55.2 Å². The summed E-state index contributed by atoms with van der Waals surface area (Å²) in [6, 6.07) is 0.337. The Bertz CT molecular complexity index is 206. The molecule has 2 fully saturated rings. The molecule has 0 aliphatic carbocycles. The molecule has 4 nitrogen and oxygen atoms in total. The van der Waals surface area contributed by atoms with Crippen molar-refractivity contribution in [2.45, 2.75) is 38.5 Å². The van der Waals surface area contributed by atoms with Crippen LogP contribution in [0.15, 0.2) is 0 Å². The van der Waals surface area contributed by atoms with Gasteiger partial charge in [-0.1, -0.05) is 6.92 Å². The number of ether oxygens (including phenoxy) is 2. The molecule has 4 heteroatoms. The van der Waals surface area contributed by atoms with Crippen LogP contribution < -0.4 is 0 Å². The zero-order valence-corrected chi connectivity index (χ0v) is 10.1. The minimum Gasteiger partial charge on any atom is -0.395 e. The van der Waals surface area contributed by atoms with Crippen molar-refractivity contribution in [2.75, 3.05) is 32.9 Å². The van der Waals surface area contributed by atoms with Crippen molar-refractivity contribution in [1.29, 1.82) is 0 Å². The van der Waals surface area contributed by atoms with Crippen molar-refractivity contribution < 1.29 is 14.6 Å². The molecule has 0 spiro atoms. The SMILES string of the molecule is CC1CCN(CCC2OCCCO2)C1CO. The lowest BCUT2D eigenvalue weighted by atomic mass is 10.0. The Balaban J connectivity index is 1.72. The molecule has 0 saturated carbocycles. The molecule has 0 radical (unpaired) electrons. The van der Waals surface area contributed by atoms with Gasteiger partial charge >= 0.3 is 0 Å². The summed E-state index contributed by atoms with van der Waals surface area (Å²) in [5.74, 6) is 0.609. The largest absolute Gasteiger partial charge is 0.395 e. The third-order valence-corrected chi connectivity index (χ3v) is 3.73. The van der Waals surface area contributed by atoms with Gasteiger partial charge in [0, 0.05) is 19.0 Å². The van der Waals surface area contributed by atoms with Gasteiger partial charge < -0.3 is 14.6 Å². The van der Waals surface area contributed by atoms with Gasteiger partial charge in [-0.2, -0.15) is 0 Å². The first-order valence-corrected chi connectivity index (χ1v) is 6.39. The van der Waals surface area contributed by atoms with Crippen LogP contribution in [-0.2, 0) is 9.47 Å². The number of rotatable bonds is 4. The van der Waals surface area contributed by atoms with Gasteiger partial charge in [-0.15, -0.1) is 0 Å². The van der Waals surface area contributed by atoms with Gasteiger partial charge in [0.2, 0.25) is 0 Å². The monoisotopic (exact) mass is 229 g/mol. The van der Waals surface area contributed by atoms with Crippen LogP contribution in [0.1, 0.15) is 26.2 Å². The fraction of sp³-hybridized carbons (Fsp3) is 1.00. The van der Waals surface area contributed by atoms with Gasteiger partial charge in [0.05, 0.1) is 19.8 Å². The van der Waals surface area contributed by atoms with E-state index in [9.17, 15) is 5.11 Å². The Labute approximate surface area is 97.5 Å². The highest BCUT2D eigenvalue weighted by Crippen LogP contribution is 2.24. The van der Waals surface area contributed by atoms with Gasteiger partial charge in [0.25, 0.3) is 0 Å². The van der Waals surface area contributed by atoms with E-state index < -0.39 is 0 Å². The van der Waals surface area contributed by atoms with E-state index >= 15 is 0 Å². The quantitative estimate of drug-likeness (QED) is 0.776. The Morgan fingerprint density at radius 3 is 2.75 bits per heavy atom. The molecule has 2 atom stereocenters. The predicted molar refractivity (Wildman–Crippen MR) is 61.2 cm³/mol. The summed E-state index contributed by atoms with van der Waals surface area (Å²) in [5, 5.41) is 9.34. The van der Waals surface area contributed by atoms with Crippen molar-refractivity contribution in [3.8, 4) is 0 Å². The van der Waals surface area contributed by atoms with Gasteiger partial charge in [-0.25, -0.2) is 0 Å². The molecule has 2 aliphatic rings. The van der Waals surface area contributed by atoms with E-state index in [-0.39, 0.29) is 12.9 Å². The molecule has 0 aromatic heterocycles. The van der Waals surface area contributed by atoms with Crippen LogP contribution in [0, 0.1) is 5.92 Å². The molecule has 0 amide bonds. The third-order valence-electron chi connectivity index (χ3n) is 3.73. The molecular formula is C12H23NO3. The highest BCUT2D eigenvalue weighted by molar-refractivity contribution is 4.84. The van der Waals surface area contributed by atoms with Crippen molar-refractivity contribution in [3.63, 3.8) is 0 Å². The summed E-state index contributed by atoms with van der Waals surface area (Å²) in [7, 11) is 0. The van der Waals surface area contributed by atoms with E-state index in [1.807, 2.05) is 0 Å². The van der Waals surface area contributed by atoms with Crippen LogP contribution in [0.2, 0.25) is 0 Å². The maximum Gasteiger partial charge on any atom is 0.158 e. The van der Waals surface area contributed by atoms with Gasteiger partial charge in [-0.3, -0.25) is 4.90 Å². The highest BCUT2D eigenvalue weighted by Gasteiger charge is 2.30. The second kappa shape index (κ2) is 5.96. The standard InChI is InChI=1S/C12H23NO3/c1-10-3-5-13(11(10)9-14)6-4-12-15-7-2-8-16-12/h10-12,14H,2-9H2,1H3. The van der Waals surface area contributed by atoms with Crippen molar-refractivity contribution in [3.05, 3.63) is 0 Å². The second-order valence-electron chi connectivity index (χ2n) is 4.87. The fourth-order valence-electron chi connectivity index (χ4n) is 2.64. The van der Waals surface area contributed by atoms with Gasteiger partial charge in [0.15, 0.2) is 6.29 Å². The maximum atomic E-state index is 9.34. The minimum absolute atomic E-state index is 0.0241. The topological polar surface area (TPSA) is 41.9 Å². The predicted octanol–water partition coefficient (Wildman–Crippen LogP) is 0.842. The van der Waals surface area contributed by atoms with Crippen LogP contribution in [0.5, 0.6) is 0 Å². The van der Waals surface area contributed by atoms with Crippen LogP contribution in [0.25, 0.3) is 0 Å². The summed E-state index contributed by atoms with van der Waals surface area (Å²) in [6.07, 6.45) is 3.10. The van der Waals surface area contributed by atoms with Gasteiger partial charge in [-0.05, 0) is 25.3 Å². The first kappa shape index (κ1) is 12.3. The average Bonchev–Trinajstić information content (AvgIpc) is 2.68. The number of aliphatic hydroxyl groups excluding tert-OH is 1. The minimum atomic E-state index is -0.0241. The number of likely N-dealkylation sites (tertiary alicyclic amines) is 1. The molecule has 0 aromatic carbocycles. The lowest BCUT2D eigenvalue weighted by Gasteiger charge is -2.28. The smallest absolute Gasteiger partial charge is 0.158 e. The highest BCUT2D eigenvalue weighted by atomic mass is 16.7. The summed E-state index contributed by atoms with van der Waals surface area (Å²) in [4.78, 5) is 2.37. The maximum absolute atomic E-state index is 9.34. The number of nitrogens with zero attached hydrogens (tertiary/aromatic N) is 1. The number of hydrogen-bond acceptors (Lipinski definition) is 4. The molecule has 0 bridgehead atoms. The lowest BCUT2D eigenvalue weighted by molar-refractivity contribution is -0.183. The number of aliphatic hydroxyl groups is 1. The normalized spacial score (nSPS) is 33.4. The second-order valence-corrected chi connectivity index (χ2v) is 4.87. The Morgan fingerprint density at radius 1 is 1.31 bits per heavy atom. The first-order chi connectivity index (χ1) is 7.81. The van der Waals surface area contributed by atoms with E-state index in [0.29, 0.717) is 12.0 Å². The summed E-state index contributed by atoms with van der Waals surface area (Å²) < 4.78 is 11.0. The summed E-state index contributed by atoms with van der Waals surface area (Å²) >= 11 is 0. The molecule has 94 valence electrons. The molecule has 2 rings (SSSR count). The van der Waals surface area contributed by atoms with Crippen LogP contribution >= 0.6 is 0 Å². The van der Waals surface area contributed by atoms with E-state index in [1.54, 1.807) is 0 Å². The van der Waals surface area contributed by atoms with E-state index in [2.05, 4.69) is 11.8 Å². The third kappa shape index (κ3) is 2.94. The fourth-order valence-corrected chi connectivity index (χ4v) is 2.64. The lowest BCUT2D eigenvalue weighted by Crippen LogP contribution is -2.38. The average molecular weight is 229 g/mol. The molecular weight excluding hydrogens is 206 g/mol. The van der Waals surface area contributed by atoms with Crippen LogP contribution in [0.4, 0.5) is 0 Å². The Kier molecular flexibility index (Phi) is 4.58. The molecule has 0 aromatic rings. The zero-order valence-electron chi connectivity index (χ0n) is 10.1. The summed E-state index contributed by atoms with van der Waals surface area (Å²) in [5.41, 5.74) is 0. The van der Waals surface area contributed by atoms with E-state index in [4.69, 9.17) is 9.47 Å².